The highest BCUT2D eigenvalue weighted by Gasteiger charge is 2.10. The van der Waals surface area contributed by atoms with Crippen LogP contribution in [0.2, 0.25) is 0 Å². The van der Waals surface area contributed by atoms with E-state index >= 15 is 0 Å². The number of nitrogens with one attached hydrogen (secondary N) is 3. The maximum absolute atomic E-state index is 12.5. The van der Waals surface area contributed by atoms with E-state index in [2.05, 4.69) is 15.4 Å². The number of benzene rings is 3. The maximum Gasteiger partial charge on any atom is 0.308 e. The van der Waals surface area contributed by atoms with Gasteiger partial charge in [-0.2, -0.15) is 0 Å². The summed E-state index contributed by atoms with van der Waals surface area (Å²) in [6.07, 6.45) is 1.04. The van der Waals surface area contributed by atoms with Crippen LogP contribution < -0.4 is 20.1 Å². The van der Waals surface area contributed by atoms with Gasteiger partial charge in [0.1, 0.15) is 5.75 Å². The molecule has 0 atom stereocenters. The van der Waals surface area contributed by atoms with Gasteiger partial charge in [0.15, 0.2) is 0 Å². The van der Waals surface area contributed by atoms with Gasteiger partial charge in [0.25, 0.3) is 11.8 Å². The largest absolute Gasteiger partial charge is 0.427 e. The summed E-state index contributed by atoms with van der Waals surface area (Å²) < 4.78 is 29.9. The van der Waals surface area contributed by atoms with E-state index in [0.29, 0.717) is 22.5 Å². The molecule has 0 unspecified atom stereocenters. The molecule has 3 N–H and O–H groups in total. The van der Waals surface area contributed by atoms with Crippen LogP contribution in [0.3, 0.4) is 0 Å². The molecule has 3 rings (SSSR count). The summed E-state index contributed by atoms with van der Waals surface area (Å²) in [5.41, 5.74) is 2.35. The summed E-state index contributed by atoms with van der Waals surface area (Å²) in [6, 6.07) is 19.3. The third kappa shape index (κ3) is 7.45. The normalized spacial score (nSPS) is 10.8. The zero-order valence-electron chi connectivity index (χ0n) is 18.5. The van der Waals surface area contributed by atoms with Crippen LogP contribution in [0.25, 0.3) is 0 Å². The Morgan fingerprint density at radius 2 is 1.53 bits per heavy atom. The van der Waals surface area contributed by atoms with E-state index in [0.717, 1.165) is 11.8 Å². The van der Waals surface area contributed by atoms with Crippen molar-refractivity contribution in [1.82, 2.24) is 5.32 Å². The molecule has 0 fully saturated rings. The molecule has 0 aliphatic heterocycles. The fourth-order valence-corrected chi connectivity index (χ4v) is 3.58. The lowest BCUT2D eigenvalue weighted by Crippen LogP contribution is -2.23. The molecular weight excluding hydrogens is 458 g/mol. The second-order valence-corrected chi connectivity index (χ2v) is 9.16. The average Bonchev–Trinajstić information content (AvgIpc) is 2.77. The van der Waals surface area contributed by atoms with Gasteiger partial charge in [0, 0.05) is 36.0 Å². The number of sulfonamides is 1. The zero-order chi connectivity index (χ0) is 24.7. The molecule has 0 heterocycles. The van der Waals surface area contributed by atoms with E-state index < -0.39 is 16.0 Å². The van der Waals surface area contributed by atoms with Crippen molar-refractivity contribution in [2.75, 3.05) is 16.3 Å². The molecule has 0 saturated carbocycles. The lowest BCUT2D eigenvalue weighted by Gasteiger charge is -2.10. The van der Waals surface area contributed by atoms with Crippen molar-refractivity contribution in [2.24, 2.45) is 0 Å². The number of rotatable bonds is 8. The van der Waals surface area contributed by atoms with Crippen LogP contribution in [0.15, 0.2) is 72.8 Å². The predicted molar refractivity (Wildman–Crippen MR) is 128 cm³/mol. The number of hydrogen-bond acceptors (Lipinski definition) is 6. The van der Waals surface area contributed by atoms with Gasteiger partial charge in [0.05, 0.1) is 6.26 Å². The summed E-state index contributed by atoms with van der Waals surface area (Å²) >= 11 is 0. The van der Waals surface area contributed by atoms with Crippen LogP contribution in [0.5, 0.6) is 5.75 Å². The number of amides is 2. The first-order valence-corrected chi connectivity index (χ1v) is 12.0. The molecular formula is C24H23N3O6S. The van der Waals surface area contributed by atoms with E-state index in [1.807, 2.05) is 0 Å². The number of carbonyl (C=O) groups is 3. The number of hydrogen-bond donors (Lipinski definition) is 3. The molecule has 10 heteroatoms. The number of carbonyl (C=O) groups excluding carboxylic acids is 3. The Kier molecular flexibility index (Phi) is 7.64. The predicted octanol–water partition coefficient (Wildman–Crippen LogP) is 3.17. The van der Waals surface area contributed by atoms with Crippen molar-refractivity contribution in [3.05, 3.63) is 89.5 Å². The highest BCUT2D eigenvalue weighted by molar-refractivity contribution is 7.92. The van der Waals surface area contributed by atoms with Gasteiger partial charge in [-0.15, -0.1) is 0 Å². The second-order valence-electron chi connectivity index (χ2n) is 7.41. The van der Waals surface area contributed by atoms with Crippen molar-refractivity contribution < 1.29 is 27.5 Å². The molecule has 0 aliphatic carbocycles. The van der Waals surface area contributed by atoms with Crippen LogP contribution in [0, 0.1) is 0 Å². The van der Waals surface area contributed by atoms with Crippen molar-refractivity contribution >= 4 is 39.2 Å². The molecule has 0 bridgehead atoms. The van der Waals surface area contributed by atoms with Gasteiger partial charge in [-0.1, -0.05) is 18.2 Å². The molecule has 3 aromatic carbocycles. The molecule has 34 heavy (non-hydrogen) atoms. The van der Waals surface area contributed by atoms with Crippen LogP contribution in [-0.4, -0.2) is 32.5 Å². The fraction of sp³-hybridized carbons (Fsp3) is 0.125. The lowest BCUT2D eigenvalue weighted by atomic mass is 10.1. The Morgan fingerprint density at radius 3 is 2.21 bits per heavy atom. The van der Waals surface area contributed by atoms with Crippen molar-refractivity contribution in [1.29, 1.82) is 0 Å². The van der Waals surface area contributed by atoms with Gasteiger partial charge in [-0.25, -0.2) is 8.42 Å². The first kappa shape index (κ1) is 24.5. The number of anilines is 2. The number of esters is 1. The zero-order valence-corrected chi connectivity index (χ0v) is 19.3. The summed E-state index contributed by atoms with van der Waals surface area (Å²) in [5, 5.41) is 5.56. The minimum Gasteiger partial charge on any atom is -0.427 e. The van der Waals surface area contributed by atoms with Gasteiger partial charge >= 0.3 is 5.97 Å². The van der Waals surface area contributed by atoms with Gasteiger partial charge in [-0.3, -0.25) is 19.1 Å². The van der Waals surface area contributed by atoms with Crippen molar-refractivity contribution in [3.8, 4) is 5.75 Å². The highest BCUT2D eigenvalue weighted by Crippen LogP contribution is 2.16. The molecule has 3 aromatic rings. The summed E-state index contributed by atoms with van der Waals surface area (Å²) in [7, 11) is -3.40. The molecule has 176 valence electrons. The van der Waals surface area contributed by atoms with Crippen LogP contribution in [-0.2, 0) is 21.4 Å². The Labute approximate surface area is 197 Å². The Morgan fingerprint density at radius 1 is 0.824 bits per heavy atom. The second kappa shape index (κ2) is 10.6. The molecule has 9 nitrogen and oxygen atoms in total. The maximum atomic E-state index is 12.5. The quantitative estimate of drug-likeness (QED) is 0.335. The minimum atomic E-state index is -3.40. The molecule has 0 aliphatic rings. The first-order chi connectivity index (χ1) is 16.1. The third-order valence-electron chi connectivity index (χ3n) is 4.45. The third-order valence-corrected chi connectivity index (χ3v) is 5.05. The average molecular weight is 482 g/mol. The van der Waals surface area contributed by atoms with E-state index in [1.165, 1.54) is 37.3 Å². The monoisotopic (exact) mass is 481 g/mol. The lowest BCUT2D eigenvalue weighted by molar-refractivity contribution is -0.131. The number of ether oxygens (including phenoxy) is 1. The van der Waals surface area contributed by atoms with Crippen molar-refractivity contribution in [3.63, 3.8) is 0 Å². The topological polar surface area (TPSA) is 131 Å². The molecule has 2 amide bonds. The van der Waals surface area contributed by atoms with Gasteiger partial charge < -0.3 is 15.4 Å². The summed E-state index contributed by atoms with van der Waals surface area (Å²) in [4.78, 5) is 36.1. The van der Waals surface area contributed by atoms with Crippen LogP contribution >= 0.6 is 0 Å². The smallest absolute Gasteiger partial charge is 0.308 e. The molecule has 0 aromatic heterocycles. The van der Waals surface area contributed by atoms with Gasteiger partial charge in [0.2, 0.25) is 10.0 Å². The van der Waals surface area contributed by atoms with Crippen LogP contribution in [0.1, 0.15) is 33.2 Å². The van der Waals surface area contributed by atoms with Crippen molar-refractivity contribution in [2.45, 2.75) is 13.5 Å². The highest BCUT2D eigenvalue weighted by atomic mass is 32.2. The SMILES string of the molecule is CC(=O)Oc1cccc(C(=O)NCc2cccc(NC(=O)c3ccc(NS(C)(=O)=O)cc3)c2)c1. The summed E-state index contributed by atoms with van der Waals surface area (Å²) in [6.45, 7) is 1.50. The summed E-state index contributed by atoms with van der Waals surface area (Å²) in [5.74, 6) is -0.900. The standard InChI is InChI=1S/C24H23N3O6S/c1-16(28)33-22-8-4-6-19(14-22)23(29)25-15-17-5-3-7-21(13-17)26-24(30)18-9-11-20(12-10-18)27-34(2,31)32/h3-14,27H,15H2,1-2H3,(H,25,29)(H,26,30). The van der Waals surface area contributed by atoms with E-state index in [-0.39, 0.29) is 24.1 Å². The Hall–Kier alpha value is -4.18. The molecule has 0 saturated heterocycles. The Bertz CT molecular complexity index is 1320. The first-order valence-electron chi connectivity index (χ1n) is 10.1. The van der Waals surface area contributed by atoms with E-state index in [4.69, 9.17) is 4.74 Å². The van der Waals surface area contributed by atoms with Gasteiger partial charge in [-0.05, 0) is 60.2 Å². The molecule has 0 spiro atoms. The van der Waals surface area contributed by atoms with Crippen LogP contribution in [0.4, 0.5) is 11.4 Å². The minimum absolute atomic E-state index is 0.214. The molecule has 0 radical (unpaired) electrons. The Balaban J connectivity index is 1.60. The fourth-order valence-electron chi connectivity index (χ4n) is 3.02. The van der Waals surface area contributed by atoms with E-state index in [1.54, 1.807) is 42.5 Å². The van der Waals surface area contributed by atoms with E-state index in [9.17, 15) is 22.8 Å².